The number of halogens is 2. The summed E-state index contributed by atoms with van der Waals surface area (Å²) < 4.78 is 0.900. The molecule has 0 spiro atoms. The zero-order valence-electron chi connectivity index (χ0n) is 8.59. The summed E-state index contributed by atoms with van der Waals surface area (Å²) in [6, 6.07) is 2.80. The van der Waals surface area contributed by atoms with E-state index in [4.69, 9.17) is 11.6 Å². The summed E-state index contributed by atoms with van der Waals surface area (Å²) >= 11 is 11.2. The number of alkyl halides is 1. The average molecular weight is 309 g/mol. The molecule has 0 N–H and O–H groups in total. The molecule has 2 heterocycles. The second-order valence-corrected chi connectivity index (χ2v) is 6.22. The molecule has 1 aliphatic heterocycles. The molecule has 1 fully saturated rings. The number of hydrogen-bond donors (Lipinski definition) is 0. The molecule has 1 aliphatic rings. The van der Waals surface area contributed by atoms with Crippen molar-refractivity contribution in [3.8, 4) is 0 Å². The lowest BCUT2D eigenvalue weighted by Gasteiger charge is -2.34. The third kappa shape index (κ3) is 3.19. The molecule has 15 heavy (non-hydrogen) atoms. The summed E-state index contributed by atoms with van der Waals surface area (Å²) in [6.45, 7) is 2.28. The summed E-state index contributed by atoms with van der Waals surface area (Å²) in [5.74, 6) is 0. The molecule has 0 aliphatic carbocycles. The van der Waals surface area contributed by atoms with E-state index in [-0.39, 0.29) is 0 Å². The Morgan fingerprint density at radius 2 is 2.40 bits per heavy atom. The van der Waals surface area contributed by atoms with Gasteiger partial charge in [-0.3, -0.25) is 4.90 Å². The highest BCUT2D eigenvalue weighted by atomic mass is 79.9. The minimum Gasteiger partial charge on any atom is -0.295 e. The van der Waals surface area contributed by atoms with Crippen molar-refractivity contribution >= 4 is 38.9 Å². The van der Waals surface area contributed by atoms with Crippen LogP contribution < -0.4 is 0 Å². The minimum atomic E-state index is 0.706. The van der Waals surface area contributed by atoms with Crippen LogP contribution in [-0.2, 0) is 6.54 Å². The van der Waals surface area contributed by atoms with E-state index >= 15 is 0 Å². The van der Waals surface area contributed by atoms with Crippen molar-refractivity contribution in [2.75, 3.05) is 11.9 Å². The van der Waals surface area contributed by atoms with E-state index in [1.165, 1.54) is 31.4 Å². The van der Waals surface area contributed by atoms with E-state index in [9.17, 15) is 0 Å². The number of rotatable bonds is 3. The molecular formula is C11H15BrClNS. The summed E-state index contributed by atoms with van der Waals surface area (Å²) in [7, 11) is 0. The third-order valence-corrected chi connectivity index (χ3v) is 4.82. The standard InChI is InChI=1S/C11H15BrClNS/c12-6-10-3-1-2-4-14(10)7-9-5-11(13)15-8-9/h5,8,10H,1-4,6-7H2. The van der Waals surface area contributed by atoms with Gasteiger partial charge in [0.1, 0.15) is 0 Å². The Bertz CT molecular complexity index is 315. The lowest BCUT2D eigenvalue weighted by Crippen LogP contribution is -2.39. The molecule has 1 aromatic rings. The van der Waals surface area contributed by atoms with Crippen LogP contribution in [0.4, 0.5) is 0 Å². The third-order valence-electron chi connectivity index (χ3n) is 2.93. The minimum absolute atomic E-state index is 0.706. The van der Waals surface area contributed by atoms with Gasteiger partial charge in [-0.05, 0) is 36.4 Å². The molecule has 0 amide bonds. The SMILES string of the molecule is Clc1cc(CN2CCCCC2CBr)cs1. The van der Waals surface area contributed by atoms with Crippen LogP contribution in [0.5, 0.6) is 0 Å². The van der Waals surface area contributed by atoms with E-state index in [0.29, 0.717) is 6.04 Å². The van der Waals surface area contributed by atoms with Crippen molar-refractivity contribution in [3.05, 3.63) is 21.3 Å². The van der Waals surface area contributed by atoms with E-state index in [1.807, 2.05) is 0 Å². The van der Waals surface area contributed by atoms with Gasteiger partial charge in [0.05, 0.1) is 4.34 Å². The molecule has 1 nitrogen and oxygen atoms in total. The molecule has 2 rings (SSSR count). The van der Waals surface area contributed by atoms with Gasteiger partial charge in [-0.2, -0.15) is 0 Å². The first kappa shape index (κ1) is 11.9. The maximum atomic E-state index is 5.94. The van der Waals surface area contributed by atoms with E-state index in [0.717, 1.165) is 16.2 Å². The lowest BCUT2D eigenvalue weighted by molar-refractivity contribution is 0.157. The maximum absolute atomic E-state index is 5.94. The molecule has 84 valence electrons. The fraction of sp³-hybridized carbons (Fsp3) is 0.636. The number of piperidine rings is 1. The normalized spacial score (nSPS) is 23.2. The highest BCUT2D eigenvalue weighted by Crippen LogP contribution is 2.25. The molecule has 4 heteroatoms. The molecule has 0 saturated carbocycles. The number of nitrogens with zero attached hydrogens (tertiary/aromatic N) is 1. The van der Waals surface area contributed by atoms with Gasteiger partial charge in [-0.15, -0.1) is 11.3 Å². The van der Waals surface area contributed by atoms with Gasteiger partial charge < -0.3 is 0 Å². The Kier molecular flexibility index (Phi) is 4.50. The van der Waals surface area contributed by atoms with E-state index < -0.39 is 0 Å². The van der Waals surface area contributed by atoms with Crippen LogP contribution in [0.1, 0.15) is 24.8 Å². The highest BCUT2D eigenvalue weighted by molar-refractivity contribution is 9.09. The fourth-order valence-electron chi connectivity index (χ4n) is 2.11. The van der Waals surface area contributed by atoms with Crippen molar-refractivity contribution in [1.29, 1.82) is 0 Å². The van der Waals surface area contributed by atoms with Crippen LogP contribution in [0.3, 0.4) is 0 Å². The molecular weight excluding hydrogens is 294 g/mol. The first-order chi connectivity index (χ1) is 7.29. The Balaban J connectivity index is 1.97. The van der Waals surface area contributed by atoms with Crippen LogP contribution in [0.15, 0.2) is 11.4 Å². The van der Waals surface area contributed by atoms with E-state index in [2.05, 4.69) is 32.3 Å². The Morgan fingerprint density at radius 3 is 3.07 bits per heavy atom. The Labute approximate surface area is 109 Å². The predicted octanol–water partition coefficient (Wildman–Crippen LogP) is 4.15. The molecule has 1 atom stereocenters. The summed E-state index contributed by atoms with van der Waals surface area (Å²) in [5.41, 5.74) is 1.36. The van der Waals surface area contributed by atoms with Crippen molar-refractivity contribution in [2.45, 2.75) is 31.8 Å². The van der Waals surface area contributed by atoms with Crippen LogP contribution in [0, 0.1) is 0 Å². The van der Waals surface area contributed by atoms with Gasteiger partial charge >= 0.3 is 0 Å². The predicted molar refractivity (Wildman–Crippen MR) is 71.2 cm³/mol. The quantitative estimate of drug-likeness (QED) is 0.758. The fourth-order valence-corrected chi connectivity index (χ4v) is 3.74. The first-order valence-corrected chi connectivity index (χ1v) is 7.70. The monoisotopic (exact) mass is 307 g/mol. The zero-order valence-corrected chi connectivity index (χ0v) is 11.7. The summed E-state index contributed by atoms with van der Waals surface area (Å²) in [6.07, 6.45) is 4.03. The van der Waals surface area contributed by atoms with Gasteiger partial charge in [0.15, 0.2) is 0 Å². The first-order valence-electron chi connectivity index (χ1n) is 5.32. The summed E-state index contributed by atoms with van der Waals surface area (Å²) in [4.78, 5) is 2.57. The smallest absolute Gasteiger partial charge is 0.0931 e. The van der Waals surface area contributed by atoms with Crippen LogP contribution in [0.25, 0.3) is 0 Å². The number of thiophene rings is 1. The molecule has 0 bridgehead atoms. The zero-order chi connectivity index (χ0) is 10.7. The lowest BCUT2D eigenvalue weighted by atomic mass is 10.0. The largest absolute Gasteiger partial charge is 0.295 e. The Morgan fingerprint density at radius 1 is 1.53 bits per heavy atom. The van der Waals surface area contributed by atoms with Gasteiger partial charge in [-0.25, -0.2) is 0 Å². The number of hydrogen-bond acceptors (Lipinski definition) is 2. The summed E-state index contributed by atoms with van der Waals surface area (Å²) in [5, 5.41) is 3.26. The van der Waals surface area contributed by atoms with Crippen molar-refractivity contribution in [1.82, 2.24) is 4.90 Å². The van der Waals surface area contributed by atoms with Gasteiger partial charge in [-0.1, -0.05) is 34.0 Å². The van der Waals surface area contributed by atoms with Gasteiger partial charge in [0.2, 0.25) is 0 Å². The van der Waals surface area contributed by atoms with Crippen LogP contribution in [0.2, 0.25) is 4.34 Å². The second kappa shape index (κ2) is 5.67. The Hall–Kier alpha value is 0.430. The van der Waals surface area contributed by atoms with Gasteiger partial charge in [0.25, 0.3) is 0 Å². The van der Waals surface area contributed by atoms with Crippen molar-refractivity contribution in [2.24, 2.45) is 0 Å². The highest BCUT2D eigenvalue weighted by Gasteiger charge is 2.21. The average Bonchev–Trinajstić information content (AvgIpc) is 2.65. The second-order valence-electron chi connectivity index (χ2n) is 4.03. The molecule has 1 saturated heterocycles. The van der Waals surface area contributed by atoms with Crippen LogP contribution in [-0.4, -0.2) is 22.8 Å². The number of likely N-dealkylation sites (tertiary alicyclic amines) is 1. The molecule has 0 aromatic carbocycles. The van der Waals surface area contributed by atoms with Crippen molar-refractivity contribution < 1.29 is 0 Å². The van der Waals surface area contributed by atoms with Crippen molar-refractivity contribution in [3.63, 3.8) is 0 Å². The molecule has 0 radical (unpaired) electrons. The maximum Gasteiger partial charge on any atom is 0.0931 e. The molecule has 1 unspecified atom stereocenters. The topological polar surface area (TPSA) is 3.24 Å². The molecule has 1 aromatic heterocycles. The van der Waals surface area contributed by atoms with E-state index in [1.54, 1.807) is 11.3 Å². The van der Waals surface area contributed by atoms with Crippen LogP contribution >= 0.6 is 38.9 Å². The van der Waals surface area contributed by atoms with Gasteiger partial charge in [0, 0.05) is 17.9 Å².